The van der Waals surface area contributed by atoms with Crippen LogP contribution >= 0.6 is 11.6 Å². The molecule has 0 aliphatic carbocycles. The van der Waals surface area contributed by atoms with Gasteiger partial charge < -0.3 is 0 Å². The van der Waals surface area contributed by atoms with Crippen LogP contribution in [-0.4, -0.2) is 10.5 Å². The summed E-state index contributed by atoms with van der Waals surface area (Å²) in [5, 5.41) is 8.97. The number of halogens is 1. The monoisotopic (exact) mass is 230 g/mol. The molecular formula is C12H7ClN2O. The molecule has 0 saturated heterocycles. The van der Waals surface area contributed by atoms with Crippen molar-refractivity contribution in [2.24, 2.45) is 0 Å². The molecule has 0 bridgehead atoms. The third-order valence-corrected chi connectivity index (χ3v) is 2.48. The molecule has 0 N–H and O–H groups in total. The summed E-state index contributed by atoms with van der Waals surface area (Å²) in [5.41, 5.74) is 0.825. The molecule has 0 saturated carbocycles. The highest BCUT2D eigenvalue weighted by Gasteiger charge is 2.11. The minimum Gasteiger partial charge on any atom is -0.291 e. The lowest BCUT2D eigenvalue weighted by atomic mass is 10.1. The average Bonchev–Trinajstić information content (AvgIpc) is 2.81. The molecule has 0 atom stereocenters. The zero-order valence-corrected chi connectivity index (χ0v) is 8.98. The fraction of sp³-hybridized carbons (Fsp3) is 0. The van der Waals surface area contributed by atoms with E-state index in [2.05, 4.69) is 0 Å². The highest BCUT2D eigenvalue weighted by Crippen LogP contribution is 2.18. The number of carbonyl (C=O) groups is 1. The van der Waals surface area contributed by atoms with E-state index in [1.165, 1.54) is 10.6 Å². The van der Waals surface area contributed by atoms with Crippen LogP contribution in [0.3, 0.4) is 0 Å². The molecule has 1 heterocycles. The van der Waals surface area contributed by atoms with Gasteiger partial charge in [0.1, 0.15) is 0 Å². The quantitative estimate of drug-likeness (QED) is 0.756. The predicted octanol–water partition coefficient (Wildman–Crippen LogP) is 2.70. The van der Waals surface area contributed by atoms with Crippen LogP contribution in [0.4, 0.5) is 0 Å². The Bertz CT molecular complexity index is 567. The number of hydrogen-bond acceptors (Lipinski definition) is 2. The number of hydrogen-bond donors (Lipinski definition) is 0. The van der Waals surface area contributed by atoms with Gasteiger partial charge in [-0.3, -0.25) is 9.36 Å². The summed E-state index contributed by atoms with van der Waals surface area (Å²) in [7, 11) is 0. The maximum atomic E-state index is 11.9. The fourth-order valence-corrected chi connectivity index (χ4v) is 1.63. The number of nitrogens with zero attached hydrogens (tertiary/aromatic N) is 2. The Morgan fingerprint density at radius 3 is 2.56 bits per heavy atom. The van der Waals surface area contributed by atoms with Gasteiger partial charge in [0.15, 0.2) is 0 Å². The first-order valence-corrected chi connectivity index (χ1v) is 4.97. The van der Waals surface area contributed by atoms with Crippen LogP contribution in [0.5, 0.6) is 0 Å². The summed E-state index contributed by atoms with van der Waals surface area (Å²) in [5.74, 6) is -0.209. The Morgan fingerprint density at radius 1 is 1.31 bits per heavy atom. The van der Waals surface area contributed by atoms with Crippen molar-refractivity contribution in [2.75, 3.05) is 0 Å². The van der Waals surface area contributed by atoms with Gasteiger partial charge in [0, 0.05) is 12.4 Å². The standard InChI is InChI=1S/C12H7ClN2O/c13-11-7-9(8-14)3-4-10(11)12(16)15-5-1-2-6-15/h1-7H. The van der Waals surface area contributed by atoms with Gasteiger partial charge in [-0.25, -0.2) is 0 Å². The largest absolute Gasteiger partial charge is 0.291 e. The summed E-state index contributed by atoms with van der Waals surface area (Å²) >= 11 is 5.93. The van der Waals surface area contributed by atoms with Crippen molar-refractivity contribution in [1.82, 2.24) is 4.57 Å². The Hall–Kier alpha value is -2.05. The number of aromatic nitrogens is 1. The summed E-state index contributed by atoms with van der Waals surface area (Å²) in [6, 6.07) is 10.1. The highest BCUT2D eigenvalue weighted by molar-refractivity contribution is 6.34. The lowest BCUT2D eigenvalue weighted by Crippen LogP contribution is -2.10. The van der Waals surface area contributed by atoms with Crippen LogP contribution in [0.15, 0.2) is 42.7 Å². The van der Waals surface area contributed by atoms with Crippen molar-refractivity contribution < 1.29 is 4.79 Å². The van der Waals surface area contributed by atoms with Crippen LogP contribution in [0, 0.1) is 11.3 Å². The van der Waals surface area contributed by atoms with Crippen LogP contribution < -0.4 is 0 Å². The number of rotatable bonds is 1. The van der Waals surface area contributed by atoms with Crippen LogP contribution in [0.1, 0.15) is 15.9 Å². The molecule has 78 valence electrons. The zero-order chi connectivity index (χ0) is 11.5. The van der Waals surface area contributed by atoms with E-state index in [1.807, 2.05) is 6.07 Å². The third kappa shape index (κ3) is 1.83. The molecule has 1 aromatic heterocycles. The maximum absolute atomic E-state index is 11.9. The summed E-state index contributed by atoms with van der Waals surface area (Å²) in [4.78, 5) is 11.9. The Kier molecular flexibility index (Phi) is 2.76. The lowest BCUT2D eigenvalue weighted by molar-refractivity contribution is 0.0960. The van der Waals surface area contributed by atoms with Gasteiger partial charge in [-0.05, 0) is 30.3 Å². The Labute approximate surface area is 97.5 Å². The van der Waals surface area contributed by atoms with E-state index in [0.717, 1.165) is 0 Å². The molecule has 0 spiro atoms. The molecule has 16 heavy (non-hydrogen) atoms. The van der Waals surface area contributed by atoms with Gasteiger partial charge in [-0.15, -0.1) is 0 Å². The van der Waals surface area contributed by atoms with E-state index in [0.29, 0.717) is 11.1 Å². The van der Waals surface area contributed by atoms with Gasteiger partial charge >= 0.3 is 0 Å². The molecule has 2 rings (SSSR count). The smallest absolute Gasteiger partial charge is 0.263 e. The van der Waals surface area contributed by atoms with Crippen LogP contribution in [0.25, 0.3) is 0 Å². The second-order valence-electron chi connectivity index (χ2n) is 3.20. The molecule has 1 aromatic carbocycles. The topological polar surface area (TPSA) is 45.8 Å². The number of nitriles is 1. The Morgan fingerprint density at radius 2 is 2.00 bits per heavy atom. The van der Waals surface area contributed by atoms with E-state index in [-0.39, 0.29) is 10.9 Å². The number of carbonyl (C=O) groups excluding carboxylic acids is 1. The molecule has 0 radical (unpaired) electrons. The first-order chi connectivity index (χ1) is 7.72. The predicted molar refractivity (Wildman–Crippen MR) is 60.3 cm³/mol. The van der Waals surface area contributed by atoms with Crippen molar-refractivity contribution in [3.63, 3.8) is 0 Å². The third-order valence-electron chi connectivity index (χ3n) is 2.17. The maximum Gasteiger partial charge on any atom is 0.263 e. The zero-order valence-electron chi connectivity index (χ0n) is 8.22. The molecule has 0 aliphatic rings. The molecule has 2 aromatic rings. The van der Waals surface area contributed by atoms with Crippen molar-refractivity contribution in [3.05, 3.63) is 58.9 Å². The van der Waals surface area contributed by atoms with Gasteiger partial charge in [0.05, 0.1) is 22.2 Å². The van der Waals surface area contributed by atoms with E-state index in [9.17, 15) is 4.79 Å². The SMILES string of the molecule is N#Cc1ccc(C(=O)n2cccc2)c(Cl)c1. The minimum atomic E-state index is -0.209. The molecule has 0 amide bonds. The van der Waals surface area contributed by atoms with E-state index in [1.54, 1.807) is 36.7 Å². The normalized spacial score (nSPS) is 9.75. The Balaban J connectivity index is 2.43. The van der Waals surface area contributed by atoms with Gasteiger partial charge in [0.2, 0.25) is 0 Å². The second kappa shape index (κ2) is 4.21. The van der Waals surface area contributed by atoms with Crippen molar-refractivity contribution in [3.8, 4) is 6.07 Å². The molecule has 0 aliphatic heterocycles. The molecule has 4 heteroatoms. The summed E-state index contributed by atoms with van der Waals surface area (Å²) < 4.78 is 1.44. The fourth-order valence-electron chi connectivity index (χ4n) is 1.37. The van der Waals surface area contributed by atoms with Crippen molar-refractivity contribution >= 4 is 17.5 Å². The van der Waals surface area contributed by atoms with Crippen LogP contribution in [0.2, 0.25) is 5.02 Å². The summed E-state index contributed by atoms with van der Waals surface area (Å²) in [6.45, 7) is 0. The molecule has 0 unspecified atom stereocenters. The van der Waals surface area contributed by atoms with E-state index < -0.39 is 0 Å². The molecule has 3 nitrogen and oxygen atoms in total. The lowest BCUT2D eigenvalue weighted by Gasteiger charge is -2.04. The minimum absolute atomic E-state index is 0.209. The number of benzene rings is 1. The van der Waals surface area contributed by atoms with E-state index in [4.69, 9.17) is 16.9 Å². The van der Waals surface area contributed by atoms with Gasteiger partial charge in [-0.1, -0.05) is 11.6 Å². The highest BCUT2D eigenvalue weighted by atomic mass is 35.5. The molecular weight excluding hydrogens is 224 g/mol. The van der Waals surface area contributed by atoms with E-state index >= 15 is 0 Å². The van der Waals surface area contributed by atoms with Crippen LogP contribution in [-0.2, 0) is 0 Å². The first kappa shape index (κ1) is 10.5. The van der Waals surface area contributed by atoms with Crippen molar-refractivity contribution in [1.29, 1.82) is 5.26 Å². The van der Waals surface area contributed by atoms with Gasteiger partial charge in [0.25, 0.3) is 5.91 Å². The average molecular weight is 231 g/mol. The second-order valence-corrected chi connectivity index (χ2v) is 3.61. The first-order valence-electron chi connectivity index (χ1n) is 4.59. The summed E-state index contributed by atoms with van der Waals surface area (Å²) in [6.07, 6.45) is 3.30. The van der Waals surface area contributed by atoms with Gasteiger partial charge in [-0.2, -0.15) is 5.26 Å². The molecule has 0 fully saturated rings. The van der Waals surface area contributed by atoms with Crippen molar-refractivity contribution in [2.45, 2.75) is 0 Å².